The van der Waals surface area contributed by atoms with Crippen LogP contribution >= 0.6 is 23.2 Å². The van der Waals surface area contributed by atoms with Gasteiger partial charge in [0.15, 0.2) is 11.5 Å². The van der Waals surface area contributed by atoms with Crippen LogP contribution in [0, 0.1) is 0 Å². The number of hydrogen-bond donors (Lipinski definition) is 0. The lowest BCUT2D eigenvalue weighted by atomic mass is 10.2. The summed E-state index contributed by atoms with van der Waals surface area (Å²) < 4.78 is 16.1. The Morgan fingerprint density at radius 1 is 1.31 bits per heavy atom. The number of halogens is 2. The molecule has 7 heteroatoms. The number of pyridine rings is 1. The smallest absolute Gasteiger partial charge is 0.331 e. The molecule has 0 aliphatic rings. The quantitative estimate of drug-likeness (QED) is 0.377. The number of nitrogens with zero attached hydrogens (tertiary/aromatic N) is 1. The van der Waals surface area contributed by atoms with Gasteiger partial charge in [0.2, 0.25) is 0 Å². The molecule has 1 heterocycles. The molecule has 0 saturated carbocycles. The van der Waals surface area contributed by atoms with E-state index in [1.807, 2.05) is 13.8 Å². The van der Waals surface area contributed by atoms with Crippen molar-refractivity contribution in [3.05, 3.63) is 57.8 Å². The molecule has 2 rings (SSSR count). The molecule has 0 aliphatic carbocycles. The second-order valence-corrected chi connectivity index (χ2v) is 6.36. The predicted molar refractivity (Wildman–Crippen MR) is 102 cm³/mol. The average molecular weight is 396 g/mol. The number of esters is 1. The molecule has 0 unspecified atom stereocenters. The van der Waals surface area contributed by atoms with Crippen molar-refractivity contribution in [1.29, 1.82) is 0 Å². The topological polar surface area (TPSA) is 57.7 Å². The van der Waals surface area contributed by atoms with Crippen molar-refractivity contribution in [2.45, 2.75) is 26.6 Å². The summed E-state index contributed by atoms with van der Waals surface area (Å²) in [5, 5.41) is 0.703. The zero-order chi connectivity index (χ0) is 19.1. The van der Waals surface area contributed by atoms with Gasteiger partial charge in [0.05, 0.1) is 18.2 Å². The molecule has 0 atom stereocenters. The summed E-state index contributed by atoms with van der Waals surface area (Å²) in [4.78, 5) is 15.8. The van der Waals surface area contributed by atoms with Crippen LogP contribution in [-0.2, 0) is 16.1 Å². The first kappa shape index (κ1) is 20.1. The third kappa shape index (κ3) is 5.64. The summed E-state index contributed by atoms with van der Waals surface area (Å²) in [5.41, 5.74) is 1.31. The summed E-state index contributed by atoms with van der Waals surface area (Å²) in [7, 11) is 1.53. The van der Waals surface area contributed by atoms with Crippen molar-refractivity contribution in [2.75, 3.05) is 7.11 Å². The second-order valence-electron chi connectivity index (χ2n) is 5.60. The van der Waals surface area contributed by atoms with Gasteiger partial charge >= 0.3 is 5.97 Å². The van der Waals surface area contributed by atoms with Crippen LogP contribution in [0.15, 0.2) is 36.5 Å². The highest BCUT2D eigenvalue weighted by molar-refractivity contribution is 6.32. The van der Waals surface area contributed by atoms with Crippen molar-refractivity contribution in [3.8, 4) is 11.5 Å². The summed E-state index contributed by atoms with van der Waals surface area (Å²) >= 11 is 12.2. The first-order valence-corrected chi connectivity index (χ1v) is 8.64. The van der Waals surface area contributed by atoms with Crippen molar-refractivity contribution >= 4 is 35.2 Å². The van der Waals surface area contributed by atoms with Crippen LogP contribution in [0.2, 0.25) is 10.2 Å². The first-order chi connectivity index (χ1) is 12.4. The molecule has 1 aromatic carbocycles. The minimum Gasteiger partial charge on any atom is -0.493 e. The van der Waals surface area contributed by atoms with Crippen LogP contribution in [0.5, 0.6) is 11.5 Å². The molecule has 5 nitrogen and oxygen atoms in total. The Labute approximate surface area is 162 Å². The van der Waals surface area contributed by atoms with Crippen molar-refractivity contribution in [3.63, 3.8) is 0 Å². The van der Waals surface area contributed by atoms with Gasteiger partial charge < -0.3 is 14.2 Å². The van der Waals surface area contributed by atoms with Gasteiger partial charge in [-0.15, -0.1) is 0 Å². The van der Waals surface area contributed by atoms with E-state index in [1.165, 1.54) is 13.2 Å². The van der Waals surface area contributed by atoms with Gasteiger partial charge in [0.25, 0.3) is 0 Å². The lowest BCUT2D eigenvalue weighted by molar-refractivity contribution is -0.138. The number of rotatable bonds is 7. The van der Waals surface area contributed by atoms with Crippen LogP contribution in [0.25, 0.3) is 6.08 Å². The van der Waals surface area contributed by atoms with Crippen molar-refractivity contribution in [2.24, 2.45) is 0 Å². The molecule has 0 bridgehead atoms. The lowest BCUT2D eigenvalue weighted by Crippen LogP contribution is -2.07. The SMILES string of the molecule is COc1cc(/C=C\C(=O)OCc2cccnc2Cl)cc(Cl)c1OC(C)C. The first-order valence-electron chi connectivity index (χ1n) is 7.89. The maximum Gasteiger partial charge on any atom is 0.331 e. The molecule has 138 valence electrons. The maximum absolute atomic E-state index is 11.9. The molecule has 0 radical (unpaired) electrons. The van der Waals surface area contributed by atoms with Gasteiger partial charge in [-0.2, -0.15) is 0 Å². The Bertz CT molecular complexity index is 806. The Kier molecular flexibility index (Phi) is 7.30. The van der Waals surface area contributed by atoms with Gasteiger partial charge in [-0.3, -0.25) is 0 Å². The van der Waals surface area contributed by atoms with E-state index < -0.39 is 5.97 Å². The van der Waals surface area contributed by atoms with E-state index in [0.29, 0.717) is 32.8 Å². The van der Waals surface area contributed by atoms with E-state index in [2.05, 4.69) is 4.98 Å². The Morgan fingerprint density at radius 3 is 2.73 bits per heavy atom. The van der Waals surface area contributed by atoms with Gasteiger partial charge in [0.1, 0.15) is 11.8 Å². The fourth-order valence-corrected chi connectivity index (χ4v) is 2.51. The van der Waals surface area contributed by atoms with E-state index in [0.717, 1.165) is 0 Å². The van der Waals surface area contributed by atoms with E-state index >= 15 is 0 Å². The van der Waals surface area contributed by atoms with Crippen LogP contribution in [0.3, 0.4) is 0 Å². The van der Waals surface area contributed by atoms with Crippen molar-refractivity contribution in [1.82, 2.24) is 4.98 Å². The van der Waals surface area contributed by atoms with Crippen LogP contribution < -0.4 is 9.47 Å². The predicted octanol–water partition coefficient (Wildman–Crippen LogP) is 4.94. The van der Waals surface area contributed by atoms with Gasteiger partial charge in [-0.25, -0.2) is 9.78 Å². The van der Waals surface area contributed by atoms with Gasteiger partial charge in [-0.1, -0.05) is 29.3 Å². The Morgan fingerprint density at radius 2 is 2.08 bits per heavy atom. The van der Waals surface area contributed by atoms with E-state index in [4.69, 9.17) is 37.4 Å². The minimum atomic E-state index is -0.512. The number of carbonyl (C=O) groups excluding carboxylic acids is 1. The van der Waals surface area contributed by atoms with Crippen molar-refractivity contribution < 1.29 is 19.0 Å². The molecule has 0 aliphatic heterocycles. The molecule has 0 spiro atoms. The Balaban J connectivity index is 2.06. The molecule has 0 fully saturated rings. The Hall–Kier alpha value is -2.24. The van der Waals surface area contributed by atoms with Crippen LogP contribution in [-0.4, -0.2) is 24.2 Å². The van der Waals surface area contributed by atoms with Crippen LogP contribution in [0.4, 0.5) is 0 Å². The average Bonchev–Trinajstić information content (AvgIpc) is 2.60. The lowest BCUT2D eigenvalue weighted by Gasteiger charge is -2.15. The third-order valence-electron chi connectivity index (χ3n) is 3.22. The summed E-state index contributed by atoms with van der Waals surface area (Å²) in [6.07, 6.45) is 4.41. The third-order valence-corrected chi connectivity index (χ3v) is 3.84. The molecule has 0 amide bonds. The monoisotopic (exact) mass is 395 g/mol. The highest BCUT2D eigenvalue weighted by atomic mass is 35.5. The fourth-order valence-electron chi connectivity index (χ4n) is 2.07. The summed E-state index contributed by atoms with van der Waals surface area (Å²) in [6.45, 7) is 3.84. The summed E-state index contributed by atoms with van der Waals surface area (Å²) in [6, 6.07) is 6.87. The van der Waals surface area contributed by atoms with E-state index in [-0.39, 0.29) is 12.7 Å². The largest absolute Gasteiger partial charge is 0.493 e. The molecule has 0 N–H and O–H groups in total. The molecule has 26 heavy (non-hydrogen) atoms. The number of carbonyl (C=O) groups is 1. The molecule has 0 saturated heterocycles. The zero-order valence-electron chi connectivity index (χ0n) is 14.7. The second kappa shape index (κ2) is 9.46. The number of aromatic nitrogens is 1. The molecular weight excluding hydrogens is 377 g/mol. The van der Waals surface area contributed by atoms with E-state index in [1.54, 1.807) is 36.5 Å². The van der Waals surface area contributed by atoms with Gasteiger partial charge in [0, 0.05) is 17.8 Å². The maximum atomic E-state index is 11.9. The van der Waals surface area contributed by atoms with E-state index in [9.17, 15) is 4.79 Å². The number of hydrogen-bond acceptors (Lipinski definition) is 5. The standard InChI is InChI=1S/C19H19Cl2NO4/c1-12(2)26-18-15(20)9-13(10-16(18)24-3)6-7-17(23)25-11-14-5-4-8-22-19(14)21/h4-10,12H,11H2,1-3H3/b7-6-. The number of methoxy groups -OCH3 is 1. The minimum absolute atomic E-state index is 0.0427. The summed E-state index contributed by atoms with van der Waals surface area (Å²) in [5.74, 6) is 0.444. The molecule has 2 aromatic rings. The zero-order valence-corrected chi connectivity index (χ0v) is 16.2. The molecule has 1 aromatic heterocycles. The molecular formula is C19H19Cl2NO4. The van der Waals surface area contributed by atoms with Crippen LogP contribution in [0.1, 0.15) is 25.0 Å². The highest BCUT2D eigenvalue weighted by Gasteiger charge is 2.13. The highest BCUT2D eigenvalue weighted by Crippen LogP contribution is 2.37. The van der Waals surface area contributed by atoms with Gasteiger partial charge in [-0.05, 0) is 43.7 Å². The number of benzene rings is 1. The fraction of sp³-hybridized carbons (Fsp3) is 0.263. The normalized spacial score (nSPS) is 11.0. The number of ether oxygens (including phenoxy) is 3.